The first kappa shape index (κ1) is 27.3. The van der Waals surface area contributed by atoms with Crippen molar-refractivity contribution in [3.63, 3.8) is 0 Å². The van der Waals surface area contributed by atoms with Gasteiger partial charge < -0.3 is 19.3 Å². The second-order valence-corrected chi connectivity index (χ2v) is 9.46. The Morgan fingerprint density at radius 3 is 2.42 bits per heavy atom. The number of carbonyl (C=O) groups is 1. The van der Waals surface area contributed by atoms with Gasteiger partial charge in [0.15, 0.2) is 11.5 Å². The Morgan fingerprint density at radius 2 is 1.75 bits per heavy atom. The monoisotopic (exact) mass is 489 g/mol. The number of hydrogen-bond acceptors (Lipinski definition) is 5. The van der Waals surface area contributed by atoms with E-state index in [1.807, 2.05) is 36.4 Å². The van der Waals surface area contributed by atoms with Gasteiger partial charge in [-0.05, 0) is 74.7 Å². The van der Waals surface area contributed by atoms with Crippen molar-refractivity contribution in [1.82, 2.24) is 9.80 Å². The number of methoxy groups -OCH3 is 2. The number of hydrogen-bond donors (Lipinski definition) is 0. The van der Waals surface area contributed by atoms with Crippen LogP contribution in [0.2, 0.25) is 0 Å². The zero-order valence-electron chi connectivity index (χ0n) is 21.9. The molecule has 36 heavy (non-hydrogen) atoms. The molecule has 2 aromatic carbocycles. The van der Waals surface area contributed by atoms with Crippen LogP contribution in [-0.4, -0.2) is 62.7 Å². The Bertz CT molecular complexity index is 1040. The van der Waals surface area contributed by atoms with Crippen LogP contribution in [-0.2, 0) is 11.2 Å². The lowest BCUT2D eigenvalue weighted by molar-refractivity contribution is -0.132. The second-order valence-electron chi connectivity index (χ2n) is 9.46. The first-order valence-electron chi connectivity index (χ1n) is 12.9. The van der Waals surface area contributed by atoms with E-state index in [1.54, 1.807) is 26.4 Å². The lowest BCUT2D eigenvalue weighted by Crippen LogP contribution is -2.40. The van der Waals surface area contributed by atoms with Crippen molar-refractivity contribution in [1.29, 1.82) is 5.26 Å². The van der Waals surface area contributed by atoms with Crippen LogP contribution in [0.15, 0.2) is 48.5 Å². The molecule has 0 bridgehead atoms. The van der Waals surface area contributed by atoms with Crippen LogP contribution < -0.4 is 9.47 Å². The molecule has 1 amide bonds. The van der Waals surface area contributed by atoms with Crippen LogP contribution in [0.3, 0.4) is 0 Å². The van der Waals surface area contributed by atoms with Crippen LogP contribution in [0.25, 0.3) is 6.08 Å². The molecule has 0 radical (unpaired) electrons. The van der Waals surface area contributed by atoms with Gasteiger partial charge in [-0.25, -0.2) is 0 Å². The Labute approximate surface area is 216 Å². The molecule has 0 N–H and O–H groups in total. The largest absolute Gasteiger partial charge is 0.493 e. The summed E-state index contributed by atoms with van der Waals surface area (Å²) in [6.45, 7) is 2.69. The number of rotatable bonds is 13. The Hall–Kier alpha value is -3.30. The molecule has 6 nitrogen and oxygen atoms in total. The minimum absolute atomic E-state index is 0.208. The highest BCUT2D eigenvalue weighted by Crippen LogP contribution is 2.28. The van der Waals surface area contributed by atoms with E-state index in [1.165, 1.54) is 18.4 Å². The van der Waals surface area contributed by atoms with Crippen LogP contribution in [0.4, 0.5) is 0 Å². The summed E-state index contributed by atoms with van der Waals surface area (Å²) in [6.07, 6.45) is 10.9. The first-order chi connectivity index (χ1) is 17.5. The fourth-order valence-corrected chi connectivity index (χ4v) is 4.79. The van der Waals surface area contributed by atoms with E-state index in [0.717, 1.165) is 62.4 Å². The van der Waals surface area contributed by atoms with Crippen molar-refractivity contribution in [2.24, 2.45) is 0 Å². The number of likely N-dealkylation sites (N-methyl/N-ethyl adjacent to an activating group) is 1. The molecule has 0 unspecified atom stereocenters. The third-order valence-electron chi connectivity index (χ3n) is 6.90. The van der Waals surface area contributed by atoms with Crippen LogP contribution in [0.5, 0.6) is 11.5 Å². The molecule has 2 aromatic rings. The summed E-state index contributed by atoms with van der Waals surface area (Å²) < 4.78 is 10.7. The third kappa shape index (κ3) is 8.13. The fourth-order valence-electron chi connectivity index (χ4n) is 4.79. The van der Waals surface area contributed by atoms with Gasteiger partial charge in [-0.15, -0.1) is 0 Å². The van der Waals surface area contributed by atoms with Gasteiger partial charge in [-0.1, -0.05) is 43.2 Å². The minimum atomic E-state index is 0.208. The van der Waals surface area contributed by atoms with E-state index in [0.29, 0.717) is 18.0 Å². The molecule has 6 heteroatoms. The van der Waals surface area contributed by atoms with Gasteiger partial charge in [0, 0.05) is 25.6 Å². The van der Waals surface area contributed by atoms with Gasteiger partial charge in [-0.3, -0.25) is 4.79 Å². The Balaban J connectivity index is 1.47. The molecular formula is C30H39N3O3. The molecule has 3 rings (SSSR count). The third-order valence-corrected chi connectivity index (χ3v) is 6.90. The van der Waals surface area contributed by atoms with Crippen molar-refractivity contribution in [3.05, 3.63) is 65.2 Å². The highest BCUT2D eigenvalue weighted by atomic mass is 16.5. The quantitative estimate of drug-likeness (QED) is 0.381. The standard InChI is InChI=1S/C30H39N3O3/c1-32(21-18-25-16-17-28(35-2)29(22-25)36-3)19-7-20-33(27-9-4-5-10-27)30(34)11-6-8-24-12-14-26(23-31)15-13-24/h6,8,12-17,22,27H,4-5,7,9-11,18-21H2,1-3H3/b8-6+. The molecule has 0 saturated heterocycles. The van der Waals surface area contributed by atoms with E-state index >= 15 is 0 Å². The van der Waals surface area contributed by atoms with Crippen LogP contribution >= 0.6 is 0 Å². The smallest absolute Gasteiger partial charge is 0.226 e. The van der Waals surface area contributed by atoms with Gasteiger partial charge in [0.25, 0.3) is 0 Å². The fraction of sp³-hybridized carbons (Fsp3) is 0.467. The van der Waals surface area contributed by atoms with Crippen molar-refractivity contribution in [2.45, 2.75) is 51.0 Å². The summed E-state index contributed by atoms with van der Waals surface area (Å²) >= 11 is 0. The summed E-state index contributed by atoms with van der Waals surface area (Å²) in [6, 6.07) is 16.0. The number of benzene rings is 2. The van der Waals surface area contributed by atoms with Crippen molar-refractivity contribution < 1.29 is 14.3 Å². The average molecular weight is 490 g/mol. The number of ether oxygens (including phenoxy) is 2. The molecule has 0 aromatic heterocycles. The molecule has 0 spiro atoms. The number of amides is 1. The zero-order chi connectivity index (χ0) is 25.8. The zero-order valence-corrected chi connectivity index (χ0v) is 21.9. The van der Waals surface area contributed by atoms with Crippen LogP contribution in [0, 0.1) is 11.3 Å². The summed E-state index contributed by atoms with van der Waals surface area (Å²) in [5, 5.41) is 8.94. The topological polar surface area (TPSA) is 65.8 Å². The van der Waals surface area contributed by atoms with E-state index in [9.17, 15) is 4.79 Å². The maximum absolute atomic E-state index is 13.1. The van der Waals surface area contributed by atoms with Crippen molar-refractivity contribution in [3.8, 4) is 17.6 Å². The van der Waals surface area contributed by atoms with Gasteiger partial charge in [-0.2, -0.15) is 5.26 Å². The lowest BCUT2D eigenvalue weighted by atomic mass is 10.1. The average Bonchev–Trinajstić information content (AvgIpc) is 3.44. The predicted octanol–water partition coefficient (Wildman–Crippen LogP) is 5.31. The summed E-state index contributed by atoms with van der Waals surface area (Å²) in [5.74, 6) is 1.72. The summed E-state index contributed by atoms with van der Waals surface area (Å²) in [5.41, 5.74) is 2.87. The molecule has 192 valence electrons. The molecule has 1 aliphatic carbocycles. The van der Waals surface area contributed by atoms with E-state index < -0.39 is 0 Å². The number of nitriles is 1. The lowest BCUT2D eigenvalue weighted by Gasteiger charge is -2.29. The molecular weight excluding hydrogens is 450 g/mol. The van der Waals surface area contributed by atoms with E-state index in [-0.39, 0.29) is 5.91 Å². The van der Waals surface area contributed by atoms with Gasteiger partial charge >= 0.3 is 0 Å². The maximum atomic E-state index is 13.1. The second kappa shape index (κ2) is 14.3. The van der Waals surface area contributed by atoms with Gasteiger partial charge in [0.2, 0.25) is 5.91 Å². The molecule has 1 aliphatic rings. The maximum Gasteiger partial charge on any atom is 0.226 e. The SMILES string of the molecule is COc1ccc(CCN(C)CCCN(C(=O)C/C=C/c2ccc(C#N)cc2)C2CCCC2)cc1OC. The van der Waals surface area contributed by atoms with Crippen molar-refractivity contribution >= 4 is 12.0 Å². The highest BCUT2D eigenvalue weighted by molar-refractivity contribution is 5.79. The summed E-state index contributed by atoms with van der Waals surface area (Å²) in [4.78, 5) is 17.6. The van der Waals surface area contributed by atoms with E-state index in [2.05, 4.69) is 29.0 Å². The molecule has 0 heterocycles. The van der Waals surface area contributed by atoms with Crippen molar-refractivity contribution in [2.75, 3.05) is 40.9 Å². The molecule has 1 fully saturated rings. The Morgan fingerprint density at radius 1 is 1.03 bits per heavy atom. The molecule has 0 aliphatic heterocycles. The summed E-state index contributed by atoms with van der Waals surface area (Å²) in [7, 11) is 5.45. The highest BCUT2D eigenvalue weighted by Gasteiger charge is 2.25. The van der Waals surface area contributed by atoms with Gasteiger partial charge in [0.1, 0.15) is 0 Å². The predicted molar refractivity (Wildman–Crippen MR) is 144 cm³/mol. The van der Waals surface area contributed by atoms with Crippen LogP contribution in [0.1, 0.15) is 55.2 Å². The molecule has 0 atom stereocenters. The van der Waals surface area contributed by atoms with E-state index in [4.69, 9.17) is 14.7 Å². The number of nitrogens with zero attached hydrogens (tertiary/aromatic N) is 3. The Kier molecular flexibility index (Phi) is 10.8. The molecule has 1 saturated carbocycles. The van der Waals surface area contributed by atoms with Gasteiger partial charge in [0.05, 0.1) is 25.9 Å². The number of carbonyl (C=O) groups excluding carboxylic acids is 1. The normalized spacial score (nSPS) is 13.8. The minimum Gasteiger partial charge on any atom is -0.493 e. The first-order valence-corrected chi connectivity index (χ1v) is 12.9.